The van der Waals surface area contributed by atoms with Crippen molar-refractivity contribution in [2.45, 2.75) is 11.3 Å². The maximum Gasteiger partial charge on any atom is 0.434 e. The first-order valence-corrected chi connectivity index (χ1v) is 8.79. The highest BCUT2D eigenvalue weighted by Crippen LogP contribution is 2.31. The van der Waals surface area contributed by atoms with Gasteiger partial charge in [0.2, 0.25) is 5.91 Å². The summed E-state index contributed by atoms with van der Waals surface area (Å²) in [5.74, 6) is -1.14. The van der Waals surface area contributed by atoms with Gasteiger partial charge in [0.15, 0.2) is 5.58 Å². The summed E-state index contributed by atoms with van der Waals surface area (Å²) in [4.78, 5) is 25.3. The van der Waals surface area contributed by atoms with Crippen LogP contribution in [0.2, 0.25) is 0 Å². The molecule has 2 aromatic carbocycles. The minimum Gasteiger partial charge on any atom is -0.407 e. The van der Waals surface area contributed by atoms with E-state index in [2.05, 4.69) is 0 Å². The van der Waals surface area contributed by atoms with E-state index in [-0.39, 0.29) is 28.3 Å². The summed E-state index contributed by atoms with van der Waals surface area (Å²) in [5.41, 5.74) is 7.43. The number of rotatable bonds is 2. The molecule has 4 rings (SSSR count). The van der Waals surface area contributed by atoms with E-state index in [0.29, 0.717) is 20.9 Å². The van der Waals surface area contributed by atoms with Gasteiger partial charge in [0.25, 0.3) is 10.0 Å². The topological polar surface area (TPSA) is 116 Å². The highest BCUT2D eigenvalue weighted by atomic mass is 32.2. The van der Waals surface area contributed by atoms with Gasteiger partial charge in [0, 0.05) is 24.5 Å². The number of nitrogens with two attached hydrogens (primary N) is 1. The average molecular weight is 359 g/mol. The number of oxazole rings is 1. The third kappa shape index (κ3) is 2.16. The number of carbonyl (C=O) groups is 1. The zero-order chi connectivity index (χ0) is 17.9. The molecule has 0 saturated heterocycles. The molecule has 1 aliphatic rings. The summed E-state index contributed by atoms with van der Waals surface area (Å²) in [6, 6.07) is 8.62. The van der Waals surface area contributed by atoms with Crippen molar-refractivity contribution in [3.8, 4) is 0 Å². The summed E-state index contributed by atoms with van der Waals surface area (Å²) < 4.78 is 31.5. The number of hydrogen-bond donors (Lipinski definition) is 1. The molecule has 3 aromatic rings. The maximum atomic E-state index is 13.0. The Morgan fingerprint density at radius 1 is 1.12 bits per heavy atom. The first-order chi connectivity index (χ1) is 11.8. The van der Waals surface area contributed by atoms with Crippen LogP contribution in [0.5, 0.6) is 0 Å². The molecule has 2 heterocycles. The van der Waals surface area contributed by atoms with Gasteiger partial charge in [-0.15, -0.1) is 0 Å². The zero-order valence-corrected chi connectivity index (χ0v) is 13.9. The van der Waals surface area contributed by atoms with Crippen LogP contribution in [0.15, 0.2) is 50.5 Å². The molecule has 128 valence electrons. The molecule has 1 aliphatic heterocycles. The summed E-state index contributed by atoms with van der Waals surface area (Å²) >= 11 is 0. The number of hydrogen-bond acceptors (Lipinski definition) is 6. The smallest absolute Gasteiger partial charge is 0.407 e. The minimum atomic E-state index is -4.18. The number of carbonyl (C=O) groups excluding carboxylic acids is 1. The lowest BCUT2D eigenvalue weighted by molar-refractivity contribution is -0.117. The van der Waals surface area contributed by atoms with Crippen molar-refractivity contribution >= 4 is 38.4 Å². The van der Waals surface area contributed by atoms with Gasteiger partial charge in [-0.05, 0) is 35.9 Å². The Kier molecular flexibility index (Phi) is 3.07. The first kappa shape index (κ1) is 15.5. The molecule has 25 heavy (non-hydrogen) atoms. The molecule has 0 bridgehead atoms. The van der Waals surface area contributed by atoms with Crippen LogP contribution in [0.3, 0.4) is 0 Å². The number of likely N-dealkylation sites (N-methyl/N-ethyl adjacent to an activating group) is 1. The number of aromatic nitrogens is 1. The Morgan fingerprint density at radius 3 is 2.64 bits per heavy atom. The number of nitrogen functional groups attached to an aromatic ring is 1. The number of amides is 1. The standard InChI is InChI=1S/C16H13N3O5S/c1-18-12-5-3-11(6-9(12)7-15(18)20)25(22,23)19-13-4-2-10(17)8-14(13)24-16(19)21/h2-6,8H,7,17H2,1H3. The SMILES string of the molecule is CN1C(=O)Cc2cc(S(=O)(=O)n3c(=O)oc4cc(N)ccc43)ccc21. The molecule has 9 heteroatoms. The zero-order valence-electron chi connectivity index (χ0n) is 13.1. The summed E-state index contributed by atoms with van der Waals surface area (Å²) in [5, 5.41) is 0. The molecule has 8 nitrogen and oxygen atoms in total. The van der Waals surface area contributed by atoms with Gasteiger partial charge in [-0.2, -0.15) is 3.97 Å². The van der Waals surface area contributed by atoms with E-state index in [1.807, 2.05) is 0 Å². The van der Waals surface area contributed by atoms with Crippen molar-refractivity contribution in [1.29, 1.82) is 0 Å². The van der Waals surface area contributed by atoms with Crippen LogP contribution in [0.25, 0.3) is 11.1 Å². The van der Waals surface area contributed by atoms with E-state index in [1.165, 1.54) is 35.2 Å². The molecule has 0 spiro atoms. The predicted octanol–water partition coefficient (Wildman–Crippen LogP) is 0.933. The Labute approximate surface area is 142 Å². The summed E-state index contributed by atoms with van der Waals surface area (Å²) in [6.45, 7) is 0. The van der Waals surface area contributed by atoms with E-state index >= 15 is 0 Å². The van der Waals surface area contributed by atoms with Crippen molar-refractivity contribution < 1.29 is 17.6 Å². The third-order valence-corrected chi connectivity index (χ3v) is 5.91. The molecule has 0 radical (unpaired) electrons. The molecule has 0 aliphatic carbocycles. The normalized spacial score (nSPS) is 14.3. The third-order valence-electron chi connectivity index (χ3n) is 4.23. The lowest BCUT2D eigenvalue weighted by Crippen LogP contribution is -2.23. The largest absolute Gasteiger partial charge is 0.434 e. The Hall–Kier alpha value is -3.07. The van der Waals surface area contributed by atoms with Gasteiger partial charge >= 0.3 is 5.76 Å². The van der Waals surface area contributed by atoms with Crippen molar-refractivity contribution in [3.05, 3.63) is 52.5 Å². The van der Waals surface area contributed by atoms with E-state index in [4.69, 9.17) is 10.2 Å². The number of anilines is 2. The molecule has 0 unspecified atom stereocenters. The number of nitrogens with zero attached hydrogens (tertiary/aromatic N) is 2. The van der Waals surface area contributed by atoms with Crippen LogP contribution in [0, 0.1) is 0 Å². The van der Waals surface area contributed by atoms with Crippen LogP contribution in [-0.2, 0) is 21.2 Å². The van der Waals surface area contributed by atoms with Gasteiger partial charge in [0.05, 0.1) is 11.3 Å². The summed E-state index contributed by atoms with van der Waals surface area (Å²) in [7, 11) is -2.56. The molecular formula is C16H13N3O5S. The molecule has 0 saturated carbocycles. The Bertz CT molecular complexity index is 1210. The first-order valence-electron chi connectivity index (χ1n) is 7.35. The molecule has 1 amide bonds. The Morgan fingerprint density at radius 2 is 1.88 bits per heavy atom. The molecule has 0 fully saturated rings. The second kappa shape index (κ2) is 4.96. The van der Waals surface area contributed by atoms with Crippen LogP contribution in [0.1, 0.15) is 5.56 Å². The fourth-order valence-electron chi connectivity index (χ4n) is 2.95. The van der Waals surface area contributed by atoms with E-state index in [9.17, 15) is 18.0 Å². The monoisotopic (exact) mass is 359 g/mol. The van der Waals surface area contributed by atoms with E-state index in [1.54, 1.807) is 13.1 Å². The number of fused-ring (bicyclic) bond motifs is 2. The molecule has 0 atom stereocenters. The molecular weight excluding hydrogens is 346 g/mol. The highest BCUT2D eigenvalue weighted by Gasteiger charge is 2.29. The fraction of sp³-hybridized carbons (Fsp3) is 0.125. The second-order valence-electron chi connectivity index (χ2n) is 5.78. The lowest BCUT2D eigenvalue weighted by Gasteiger charge is -2.11. The van der Waals surface area contributed by atoms with Crippen LogP contribution in [-0.4, -0.2) is 25.3 Å². The molecule has 1 aromatic heterocycles. The van der Waals surface area contributed by atoms with Gasteiger partial charge < -0.3 is 15.1 Å². The van der Waals surface area contributed by atoms with E-state index < -0.39 is 15.8 Å². The summed E-state index contributed by atoms with van der Waals surface area (Å²) in [6.07, 6.45) is 0.118. The van der Waals surface area contributed by atoms with Crippen LogP contribution < -0.4 is 16.4 Å². The van der Waals surface area contributed by atoms with Crippen molar-refractivity contribution in [3.63, 3.8) is 0 Å². The van der Waals surface area contributed by atoms with Gasteiger partial charge in [-0.3, -0.25) is 4.79 Å². The van der Waals surface area contributed by atoms with Crippen molar-refractivity contribution in [2.24, 2.45) is 0 Å². The lowest BCUT2D eigenvalue weighted by atomic mass is 10.2. The van der Waals surface area contributed by atoms with Gasteiger partial charge in [-0.1, -0.05) is 0 Å². The van der Waals surface area contributed by atoms with Crippen molar-refractivity contribution in [2.75, 3.05) is 17.7 Å². The number of benzene rings is 2. The second-order valence-corrected chi connectivity index (χ2v) is 7.57. The fourth-order valence-corrected chi connectivity index (χ4v) is 4.34. The quantitative estimate of drug-likeness (QED) is 0.681. The maximum absolute atomic E-state index is 13.0. The van der Waals surface area contributed by atoms with Crippen molar-refractivity contribution in [1.82, 2.24) is 3.97 Å². The minimum absolute atomic E-state index is 0.0871. The average Bonchev–Trinajstić information content (AvgIpc) is 3.03. The highest BCUT2D eigenvalue weighted by molar-refractivity contribution is 7.90. The van der Waals surface area contributed by atoms with Gasteiger partial charge in [-0.25, -0.2) is 13.2 Å². The van der Waals surface area contributed by atoms with Crippen LogP contribution >= 0.6 is 0 Å². The van der Waals surface area contributed by atoms with E-state index in [0.717, 1.165) is 0 Å². The van der Waals surface area contributed by atoms with Crippen LogP contribution in [0.4, 0.5) is 11.4 Å². The Balaban J connectivity index is 1.92. The van der Waals surface area contributed by atoms with Gasteiger partial charge in [0.1, 0.15) is 5.52 Å². The molecule has 2 N–H and O–H groups in total. The predicted molar refractivity (Wildman–Crippen MR) is 91.0 cm³/mol.